The van der Waals surface area contributed by atoms with E-state index in [0.29, 0.717) is 0 Å². The van der Waals surface area contributed by atoms with Crippen molar-refractivity contribution in [3.63, 3.8) is 0 Å². The minimum atomic E-state index is 0.0778. The lowest BCUT2D eigenvalue weighted by Crippen LogP contribution is -2.40. The summed E-state index contributed by atoms with van der Waals surface area (Å²) in [5.74, 6) is 0.919. The Morgan fingerprint density at radius 3 is 2.93 bits per heavy atom. The van der Waals surface area contributed by atoms with Gasteiger partial charge in [-0.2, -0.15) is 0 Å². The van der Waals surface area contributed by atoms with E-state index in [0.717, 1.165) is 38.3 Å². The van der Waals surface area contributed by atoms with Crippen LogP contribution in [0.1, 0.15) is 39.5 Å². The first-order chi connectivity index (χ1) is 6.70. The van der Waals surface area contributed by atoms with E-state index < -0.39 is 0 Å². The van der Waals surface area contributed by atoms with Gasteiger partial charge in [0.2, 0.25) is 5.91 Å². The molecule has 0 aromatic carbocycles. The lowest BCUT2D eigenvalue weighted by Gasteiger charge is -2.11. The number of nitrogens with one attached hydrogen (secondary N) is 2. The van der Waals surface area contributed by atoms with Crippen LogP contribution in [-0.2, 0) is 4.79 Å². The molecule has 3 heteroatoms. The van der Waals surface area contributed by atoms with Gasteiger partial charge in [0.25, 0.3) is 0 Å². The minimum Gasteiger partial charge on any atom is -0.355 e. The molecule has 1 aliphatic heterocycles. The molecule has 0 aliphatic carbocycles. The van der Waals surface area contributed by atoms with Crippen LogP contribution < -0.4 is 10.6 Å². The second-order valence-electron chi connectivity index (χ2n) is 4.48. The number of carbonyl (C=O) groups excluding carboxylic acids is 1. The van der Waals surface area contributed by atoms with Crippen molar-refractivity contribution in [2.75, 3.05) is 13.1 Å². The van der Waals surface area contributed by atoms with E-state index in [4.69, 9.17) is 0 Å². The molecule has 0 saturated carbocycles. The molecule has 1 heterocycles. The van der Waals surface area contributed by atoms with E-state index in [1.54, 1.807) is 0 Å². The molecular formula is C11H22N2O. The molecule has 0 bridgehead atoms. The Bertz CT molecular complexity index is 174. The van der Waals surface area contributed by atoms with Crippen LogP contribution >= 0.6 is 0 Å². The monoisotopic (exact) mass is 198 g/mol. The van der Waals surface area contributed by atoms with E-state index in [-0.39, 0.29) is 11.9 Å². The van der Waals surface area contributed by atoms with Gasteiger partial charge in [0.1, 0.15) is 0 Å². The molecule has 1 aliphatic rings. The summed E-state index contributed by atoms with van der Waals surface area (Å²) in [6.07, 6.45) is 4.41. The highest BCUT2D eigenvalue weighted by Gasteiger charge is 2.20. The molecule has 0 aromatic rings. The van der Waals surface area contributed by atoms with Gasteiger partial charge in [0.15, 0.2) is 0 Å². The summed E-state index contributed by atoms with van der Waals surface area (Å²) in [4.78, 5) is 11.5. The van der Waals surface area contributed by atoms with Crippen LogP contribution in [0.4, 0.5) is 0 Å². The van der Waals surface area contributed by atoms with Gasteiger partial charge < -0.3 is 10.6 Å². The zero-order valence-electron chi connectivity index (χ0n) is 9.31. The van der Waals surface area contributed by atoms with Crippen molar-refractivity contribution in [3.05, 3.63) is 0 Å². The zero-order valence-corrected chi connectivity index (χ0v) is 9.31. The summed E-state index contributed by atoms with van der Waals surface area (Å²) < 4.78 is 0. The number of amides is 1. The first-order valence-electron chi connectivity index (χ1n) is 5.71. The molecule has 82 valence electrons. The number of hydrogen-bond donors (Lipinski definition) is 2. The summed E-state index contributed by atoms with van der Waals surface area (Å²) >= 11 is 0. The molecule has 1 fully saturated rings. The molecule has 3 nitrogen and oxygen atoms in total. The maximum atomic E-state index is 11.5. The van der Waals surface area contributed by atoms with E-state index in [2.05, 4.69) is 24.5 Å². The Kier molecular flexibility index (Phi) is 4.94. The van der Waals surface area contributed by atoms with Gasteiger partial charge in [-0.1, -0.05) is 13.8 Å². The normalized spacial score (nSPS) is 21.5. The maximum absolute atomic E-state index is 11.5. The largest absolute Gasteiger partial charge is 0.355 e. The van der Waals surface area contributed by atoms with Gasteiger partial charge in [0.05, 0.1) is 6.04 Å². The van der Waals surface area contributed by atoms with E-state index in [1.807, 2.05) is 0 Å². The Hall–Kier alpha value is -0.570. The summed E-state index contributed by atoms with van der Waals surface area (Å²) in [5, 5.41) is 6.17. The third-order valence-corrected chi connectivity index (χ3v) is 2.63. The van der Waals surface area contributed by atoms with Crippen LogP contribution in [0.15, 0.2) is 0 Å². The SMILES string of the molecule is CC(C)CCCNC(=O)[C@H]1CCCN1. The van der Waals surface area contributed by atoms with Crippen molar-refractivity contribution >= 4 is 5.91 Å². The first-order valence-corrected chi connectivity index (χ1v) is 5.71. The first kappa shape index (κ1) is 11.5. The van der Waals surface area contributed by atoms with Crippen LogP contribution in [0.3, 0.4) is 0 Å². The summed E-state index contributed by atoms with van der Waals surface area (Å²) in [7, 11) is 0. The molecule has 0 aromatic heterocycles. The maximum Gasteiger partial charge on any atom is 0.237 e. The predicted octanol–water partition coefficient (Wildman–Crippen LogP) is 1.29. The van der Waals surface area contributed by atoms with Gasteiger partial charge in [-0.3, -0.25) is 4.79 Å². The number of hydrogen-bond acceptors (Lipinski definition) is 2. The quantitative estimate of drug-likeness (QED) is 0.654. The molecule has 2 N–H and O–H groups in total. The Labute approximate surface area is 86.6 Å². The van der Waals surface area contributed by atoms with Crippen molar-refractivity contribution in [3.8, 4) is 0 Å². The summed E-state index contributed by atoms with van der Waals surface area (Å²) in [6.45, 7) is 6.24. The number of rotatable bonds is 5. The molecule has 1 amide bonds. The van der Waals surface area contributed by atoms with Gasteiger partial charge in [-0.25, -0.2) is 0 Å². The molecule has 1 rings (SSSR count). The Balaban J connectivity index is 2.03. The van der Waals surface area contributed by atoms with E-state index >= 15 is 0 Å². The van der Waals surface area contributed by atoms with Crippen molar-refractivity contribution in [2.45, 2.75) is 45.6 Å². The fourth-order valence-corrected chi connectivity index (χ4v) is 1.75. The highest BCUT2D eigenvalue weighted by Crippen LogP contribution is 2.05. The third kappa shape index (κ3) is 4.09. The van der Waals surface area contributed by atoms with Crippen LogP contribution in [0, 0.1) is 5.92 Å². The average Bonchev–Trinajstić information content (AvgIpc) is 2.64. The van der Waals surface area contributed by atoms with Crippen molar-refractivity contribution < 1.29 is 4.79 Å². The Morgan fingerprint density at radius 1 is 1.57 bits per heavy atom. The predicted molar refractivity (Wildman–Crippen MR) is 58.1 cm³/mol. The molecule has 14 heavy (non-hydrogen) atoms. The molecule has 1 saturated heterocycles. The van der Waals surface area contributed by atoms with E-state index in [9.17, 15) is 4.79 Å². The van der Waals surface area contributed by atoms with E-state index in [1.165, 1.54) is 6.42 Å². The molecule has 0 spiro atoms. The van der Waals surface area contributed by atoms with Gasteiger partial charge >= 0.3 is 0 Å². The highest BCUT2D eigenvalue weighted by atomic mass is 16.2. The summed E-state index contributed by atoms with van der Waals surface area (Å²) in [5.41, 5.74) is 0. The lowest BCUT2D eigenvalue weighted by atomic mass is 10.1. The second kappa shape index (κ2) is 6.02. The van der Waals surface area contributed by atoms with Crippen molar-refractivity contribution in [2.24, 2.45) is 5.92 Å². The Morgan fingerprint density at radius 2 is 2.36 bits per heavy atom. The van der Waals surface area contributed by atoms with Crippen LogP contribution in [-0.4, -0.2) is 25.0 Å². The minimum absolute atomic E-state index is 0.0778. The topological polar surface area (TPSA) is 41.1 Å². The second-order valence-corrected chi connectivity index (χ2v) is 4.48. The van der Waals surface area contributed by atoms with Gasteiger partial charge in [-0.05, 0) is 38.1 Å². The van der Waals surface area contributed by atoms with Crippen molar-refractivity contribution in [1.29, 1.82) is 0 Å². The standard InChI is InChI=1S/C11H22N2O/c1-9(2)5-3-8-13-11(14)10-6-4-7-12-10/h9-10,12H,3-8H2,1-2H3,(H,13,14)/t10-/m1/s1. The smallest absolute Gasteiger partial charge is 0.237 e. The lowest BCUT2D eigenvalue weighted by molar-refractivity contribution is -0.122. The van der Waals surface area contributed by atoms with Gasteiger partial charge in [0, 0.05) is 6.54 Å². The number of carbonyl (C=O) groups is 1. The fourth-order valence-electron chi connectivity index (χ4n) is 1.75. The molecule has 0 unspecified atom stereocenters. The van der Waals surface area contributed by atoms with Crippen LogP contribution in [0.2, 0.25) is 0 Å². The molecular weight excluding hydrogens is 176 g/mol. The molecule has 1 atom stereocenters. The molecule has 0 radical (unpaired) electrons. The zero-order chi connectivity index (χ0) is 10.4. The average molecular weight is 198 g/mol. The van der Waals surface area contributed by atoms with Crippen molar-refractivity contribution in [1.82, 2.24) is 10.6 Å². The van der Waals surface area contributed by atoms with Crippen LogP contribution in [0.25, 0.3) is 0 Å². The third-order valence-electron chi connectivity index (χ3n) is 2.63. The van der Waals surface area contributed by atoms with Crippen LogP contribution in [0.5, 0.6) is 0 Å². The van der Waals surface area contributed by atoms with Gasteiger partial charge in [-0.15, -0.1) is 0 Å². The fraction of sp³-hybridized carbons (Fsp3) is 0.909. The summed E-state index contributed by atoms with van der Waals surface area (Å²) in [6, 6.07) is 0.0778. The highest BCUT2D eigenvalue weighted by molar-refractivity contribution is 5.81.